The largest absolute Gasteiger partial charge is 0.490 e. The molecular formula is C22H24F3NO2. The SMILES string of the molecule is C/C=C/COc1cc(C)c(Cc2cccc(C(=NOC)C(F)(F)F)c2)c(C)c1. The van der Waals surface area contributed by atoms with Gasteiger partial charge in [0.1, 0.15) is 19.5 Å². The van der Waals surface area contributed by atoms with Gasteiger partial charge in [-0.3, -0.25) is 0 Å². The van der Waals surface area contributed by atoms with Crippen molar-refractivity contribution in [2.45, 2.75) is 33.4 Å². The summed E-state index contributed by atoms with van der Waals surface area (Å²) in [5.74, 6) is 0.775. The molecule has 0 saturated carbocycles. The third kappa shape index (κ3) is 5.62. The molecule has 0 atom stereocenters. The molecule has 2 aromatic carbocycles. The molecule has 6 heteroatoms. The van der Waals surface area contributed by atoms with Crippen molar-refractivity contribution in [2.24, 2.45) is 5.16 Å². The summed E-state index contributed by atoms with van der Waals surface area (Å²) in [4.78, 5) is 4.38. The van der Waals surface area contributed by atoms with Gasteiger partial charge in [0.15, 0.2) is 5.71 Å². The van der Waals surface area contributed by atoms with Gasteiger partial charge in [0.05, 0.1) is 0 Å². The number of ether oxygens (including phenoxy) is 1. The third-order valence-corrected chi connectivity index (χ3v) is 4.28. The molecule has 0 spiro atoms. The molecule has 0 aliphatic carbocycles. The molecule has 28 heavy (non-hydrogen) atoms. The first kappa shape index (κ1) is 21.5. The van der Waals surface area contributed by atoms with Gasteiger partial charge in [0.2, 0.25) is 0 Å². The van der Waals surface area contributed by atoms with E-state index in [2.05, 4.69) is 9.99 Å². The van der Waals surface area contributed by atoms with Crippen LogP contribution in [0.4, 0.5) is 13.2 Å². The van der Waals surface area contributed by atoms with Gasteiger partial charge in [-0.15, -0.1) is 0 Å². The molecule has 0 saturated heterocycles. The Morgan fingerprint density at radius 2 is 1.79 bits per heavy atom. The summed E-state index contributed by atoms with van der Waals surface area (Å²) in [5.41, 5.74) is 2.82. The molecule has 150 valence electrons. The fraction of sp³-hybridized carbons (Fsp3) is 0.318. The molecule has 0 unspecified atom stereocenters. The Bertz CT molecular complexity index is 847. The molecule has 0 heterocycles. The van der Waals surface area contributed by atoms with Gasteiger partial charge in [-0.1, -0.05) is 35.5 Å². The number of nitrogens with zero attached hydrogens (tertiary/aromatic N) is 1. The third-order valence-electron chi connectivity index (χ3n) is 4.28. The lowest BCUT2D eigenvalue weighted by Gasteiger charge is -2.15. The monoisotopic (exact) mass is 391 g/mol. The van der Waals surface area contributed by atoms with Crippen LogP contribution < -0.4 is 4.74 Å². The molecule has 0 aliphatic heterocycles. The Morgan fingerprint density at radius 1 is 1.11 bits per heavy atom. The van der Waals surface area contributed by atoms with E-state index in [1.807, 2.05) is 45.1 Å². The second-order valence-electron chi connectivity index (χ2n) is 6.41. The van der Waals surface area contributed by atoms with Crippen LogP contribution in [-0.2, 0) is 11.3 Å². The normalized spacial score (nSPS) is 12.5. The zero-order valence-corrected chi connectivity index (χ0v) is 16.4. The molecule has 0 N–H and O–H groups in total. The summed E-state index contributed by atoms with van der Waals surface area (Å²) in [6.45, 7) is 6.37. The van der Waals surface area contributed by atoms with Gasteiger partial charge in [-0.2, -0.15) is 13.2 Å². The second kappa shape index (κ2) is 9.44. The van der Waals surface area contributed by atoms with E-state index in [0.717, 1.165) is 35.1 Å². The quantitative estimate of drug-likeness (QED) is 0.341. The van der Waals surface area contributed by atoms with E-state index in [0.29, 0.717) is 13.0 Å². The Hall–Kier alpha value is -2.76. The molecule has 0 fully saturated rings. The zero-order chi connectivity index (χ0) is 20.7. The van der Waals surface area contributed by atoms with Crippen LogP contribution in [0.1, 0.15) is 34.7 Å². The summed E-state index contributed by atoms with van der Waals surface area (Å²) < 4.78 is 45.4. The van der Waals surface area contributed by atoms with Gasteiger partial charge < -0.3 is 9.57 Å². The van der Waals surface area contributed by atoms with Crippen LogP contribution in [0, 0.1) is 13.8 Å². The number of alkyl halides is 3. The lowest BCUT2D eigenvalue weighted by molar-refractivity contribution is -0.0607. The van der Waals surface area contributed by atoms with Crippen LogP contribution in [0.2, 0.25) is 0 Å². The van der Waals surface area contributed by atoms with E-state index in [9.17, 15) is 13.2 Å². The Morgan fingerprint density at radius 3 is 2.36 bits per heavy atom. The second-order valence-corrected chi connectivity index (χ2v) is 6.41. The van der Waals surface area contributed by atoms with Crippen molar-refractivity contribution < 1.29 is 22.7 Å². The number of benzene rings is 2. The van der Waals surface area contributed by atoms with Crippen LogP contribution in [0.5, 0.6) is 5.75 Å². The Labute approximate surface area is 163 Å². The van der Waals surface area contributed by atoms with E-state index in [1.165, 1.54) is 12.1 Å². The minimum atomic E-state index is -4.59. The van der Waals surface area contributed by atoms with Gasteiger partial charge in [0, 0.05) is 5.56 Å². The summed E-state index contributed by atoms with van der Waals surface area (Å²) in [6.07, 6.45) is -0.238. The Balaban J connectivity index is 2.30. The van der Waals surface area contributed by atoms with Crippen molar-refractivity contribution in [1.82, 2.24) is 0 Å². The lowest BCUT2D eigenvalue weighted by Crippen LogP contribution is -2.24. The maximum absolute atomic E-state index is 13.2. The van der Waals surface area contributed by atoms with Crippen molar-refractivity contribution in [3.8, 4) is 5.75 Å². The Kier molecular flexibility index (Phi) is 7.26. The van der Waals surface area contributed by atoms with Crippen LogP contribution in [-0.4, -0.2) is 25.6 Å². The van der Waals surface area contributed by atoms with E-state index in [4.69, 9.17) is 4.74 Å². The molecule has 0 aliphatic rings. The van der Waals surface area contributed by atoms with Crippen LogP contribution in [0.15, 0.2) is 53.7 Å². The number of hydrogen-bond acceptors (Lipinski definition) is 3. The first-order chi connectivity index (χ1) is 13.3. The molecular weight excluding hydrogens is 367 g/mol. The van der Waals surface area contributed by atoms with Crippen LogP contribution in [0.3, 0.4) is 0 Å². The van der Waals surface area contributed by atoms with Crippen LogP contribution >= 0.6 is 0 Å². The minimum absolute atomic E-state index is 0.0199. The zero-order valence-electron chi connectivity index (χ0n) is 16.4. The fourth-order valence-corrected chi connectivity index (χ4v) is 2.95. The van der Waals surface area contributed by atoms with Crippen molar-refractivity contribution in [3.05, 3.63) is 76.4 Å². The predicted octanol–water partition coefficient (Wildman–Crippen LogP) is 5.76. The first-order valence-corrected chi connectivity index (χ1v) is 8.88. The van der Waals surface area contributed by atoms with Gasteiger partial charge in [-0.05, 0) is 67.6 Å². The van der Waals surface area contributed by atoms with Crippen molar-refractivity contribution in [2.75, 3.05) is 13.7 Å². The summed E-state index contributed by atoms with van der Waals surface area (Å²) in [6, 6.07) is 10.2. The molecule has 2 rings (SSSR count). The highest BCUT2D eigenvalue weighted by atomic mass is 19.4. The topological polar surface area (TPSA) is 30.8 Å². The fourth-order valence-electron chi connectivity index (χ4n) is 2.95. The lowest BCUT2D eigenvalue weighted by atomic mass is 9.94. The summed E-state index contributed by atoms with van der Waals surface area (Å²) in [7, 11) is 1.10. The number of allylic oxidation sites excluding steroid dienone is 1. The minimum Gasteiger partial charge on any atom is -0.490 e. The highest BCUT2D eigenvalue weighted by Gasteiger charge is 2.37. The van der Waals surface area contributed by atoms with Crippen molar-refractivity contribution in [1.29, 1.82) is 0 Å². The maximum Gasteiger partial charge on any atom is 0.437 e. The number of rotatable bonds is 7. The van der Waals surface area contributed by atoms with E-state index >= 15 is 0 Å². The molecule has 0 aromatic heterocycles. The molecule has 0 radical (unpaired) electrons. The van der Waals surface area contributed by atoms with Crippen LogP contribution in [0.25, 0.3) is 0 Å². The highest BCUT2D eigenvalue weighted by Crippen LogP contribution is 2.27. The average molecular weight is 391 g/mol. The van der Waals surface area contributed by atoms with E-state index < -0.39 is 11.9 Å². The number of hydrogen-bond donors (Lipinski definition) is 0. The molecule has 0 amide bonds. The van der Waals surface area contributed by atoms with E-state index in [-0.39, 0.29) is 5.56 Å². The molecule has 3 nitrogen and oxygen atoms in total. The highest BCUT2D eigenvalue weighted by molar-refractivity contribution is 6.04. The van der Waals surface area contributed by atoms with Gasteiger partial charge in [0.25, 0.3) is 0 Å². The standard InChI is InChI=1S/C22H24F3NO2/c1-5-6-10-28-19-11-15(2)20(16(3)12-19)14-17-8-7-9-18(13-17)21(26-27-4)22(23,24)25/h5-9,11-13H,10,14H2,1-4H3/b6-5+,26-21?. The molecule has 2 aromatic rings. The van der Waals surface area contributed by atoms with E-state index in [1.54, 1.807) is 12.1 Å². The van der Waals surface area contributed by atoms with Gasteiger partial charge in [-0.25, -0.2) is 0 Å². The summed E-state index contributed by atoms with van der Waals surface area (Å²) in [5, 5.41) is 3.17. The maximum atomic E-state index is 13.2. The number of oxime groups is 1. The number of aryl methyl sites for hydroxylation is 2. The van der Waals surface area contributed by atoms with Gasteiger partial charge >= 0.3 is 6.18 Å². The smallest absolute Gasteiger partial charge is 0.437 e. The summed E-state index contributed by atoms with van der Waals surface area (Å²) >= 11 is 0. The number of halogens is 3. The van der Waals surface area contributed by atoms with Crippen molar-refractivity contribution >= 4 is 5.71 Å². The average Bonchev–Trinajstić information content (AvgIpc) is 2.62. The van der Waals surface area contributed by atoms with Crippen molar-refractivity contribution in [3.63, 3.8) is 0 Å². The molecule has 0 bridgehead atoms. The predicted molar refractivity (Wildman–Crippen MR) is 105 cm³/mol. The first-order valence-electron chi connectivity index (χ1n) is 8.88.